The lowest BCUT2D eigenvalue weighted by Crippen LogP contribution is -2.61. The summed E-state index contributed by atoms with van der Waals surface area (Å²) in [6, 6.07) is 27.8. The van der Waals surface area contributed by atoms with Crippen molar-refractivity contribution in [1.29, 1.82) is 0 Å². The number of hydrogen-bond acceptors (Lipinski definition) is 13. The quantitative estimate of drug-likeness (QED) is 0.175. The number of methoxy groups -OCH3 is 2. The Morgan fingerprint density at radius 3 is 2.05 bits per heavy atom. The third kappa shape index (κ3) is 10.4. The minimum Gasteiger partial charge on any atom is -0.447 e. The van der Waals surface area contributed by atoms with Crippen LogP contribution in [0.25, 0.3) is 0 Å². The number of ether oxygens (including phenoxy) is 8. The standard InChI is InChI=1S/C42H48BrNO13/c1-50-37(39(47)44-30(26-55-41(44)48)21-27-13-6-3-7-14-27)34-31(46)22-33(43)42(49,57-34)19-12-20-52-38-36(54-25-29-17-10-5-11-18-29)35(32(23-45)56-40(38)51-2)53-24-28-15-8-4-9-16-28/h3-11,13-18,22,30,32,34-38,40,45,49H,12,19-21,23-26H2,1-2H3/t30-,32-,34+,35-,36+,37-,38+,40+,42+/m1/s1. The number of hydrogen-bond donors (Lipinski definition) is 2. The van der Waals surface area contributed by atoms with Gasteiger partial charge >= 0.3 is 6.09 Å². The molecule has 2 saturated heterocycles. The lowest BCUT2D eigenvalue weighted by Gasteiger charge is -2.45. The Bertz CT molecular complexity index is 1800. The second kappa shape index (κ2) is 20.2. The first kappa shape index (κ1) is 42.7. The Labute approximate surface area is 339 Å². The zero-order valence-corrected chi connectivity index (χ0v) is 33.3. The number of benzene rings is 3. The molecule has 0 saturated carbocycles. The second-order valence-electron chi connectivity index (χ2n) is 13.9. The summed E-state index contributed by atoms with van der Waals surface area (Å²) in [5, 5.41) is 22.1. The summed E-state index contributed by atoms with van der Waals surface area (Å²) < 4.78 is 47.8. The van der Waals surface area contributed by atoms with E-state index in [2.05, 4.69) is 15.9 Å². The van der Waals surface area contributed by atoms with Crippen molar-refractivity contribution in [3.63, 3.8) is 0 Å². The smallest absolute Gasteiger partial charge is 0.417 e. The van der Waals surface area contributed by atoms with Crippen molar-refractivity contribution in [3.8, 4) is 0 Å². The van der Waals surface area contributed by atoms with E-state index in [9.17, 15) is 24.6 Å². The summed E-state index contributed by atoms with van der Waals surface area (Å²) in [6.45, 7) is 0.0851. The molecule has 15 heteroatoms. The van der Waals surface area contributed by atoms with Crippen molar-refractivity contribution in [2.45, 2.75) is 87.2 Å². The SMILES string of the molecule is CO[C@H]1O[C@H](CO)[C@@H](OCc2ccccc2)[C@H](OCc2ccccc2)[C@@H]1OCCC[C@]1(O)O[C@H]([C@@H](OC)C(=O)N2C(=O)OC[C@H]2Cc2ccccc2)C(=O)C=C1Br. The lowest BCUT2D eigenvalue weighted by atomic mass is 9.97. The summed E-state index contributed by atoms with van der Waals surface area (Å²) in [6.07, 6.45) is -6.54. The van der Waals surface area contributed by atoms with Gasteiger partial charge in [0, 0.05) is 27.2 Å². The molecule has 0 aliphatic carbocycles. The highest BCUT2D eigenvalue weighted by molar-refractivity contribution is 9.11. The van der Waals surface area contributed by atoms with E-state index in [1.807, 2.05) is 91.0 Å². The van der Waals surface area contributed by atoms with Crippen molar-refractivity contribution >= 4 is 33.7 Å². The van der Waals surface area contributed by atoms with Crippen LogP contribution in [0.5, 0.6) is 0 Å². The molecule has 306 valence electrons. The first-order valence-electron chi connectivity index (χ1n) is 18.8. The molecule has 0 aromatic heterocycles. The number of aliphatic hydroxyl groups excluding tert-OH is 1. The van der Waals surface area contributed by atoms with E-state index in [1.165, 1.54) is 14.2 Å². The van der Waals surface area contributed by atoms with Gasteiger partial charge in [0.05, 0.1) is 30.3 Å². The van der Waals surface area contributed by atoms with E-state index in [4.69, 9.17) is 37.9 Å². The van der Waals surface area contributed by atoms with E-state index in [0.29, 0.717) is 6.42 Å². The van der Waals surface area contributed by atoms with Gasteiger partial charge in [-0.3, -0.25) is 9.59 Å². The average molecular weight is 855 g/mol. The van der Waals surface area contributed by atoms with Crippen molar-refractivity contribution in [3.05, 3.63) is 118 Å². The first-order chi connectivity index (χ1) is 27.6. The van der Waals surface area contributed by atoms with Gasteiger partial charge in [-0.05, 0) is 51.5 Å². The van der Waals surface area contributed by atoms with Gasteiger partial charge < -0.3 is 48.1 Å². The summed E-state index contributed by atoms with van der Waals surface area (Å²) in [4.78, 5) is 40.9. The molecule has 9 atom stereocenters. The molecule has 0 spiro atoms. The predicted molar refractivity (Wildman–Crippen MR) is 207 cm³/mol. The van der Waals surface area contributed by atoms with Crippen molar-refractivity contribution in [2.75, 3.05) is 34.0 Å². The zero-order valence-electron chi connectivity index (χ0n) is 31.7. The van der Waals surface area contributed by atoms with Gasteiger partial charge in [-0.15, -0.1) is 0 Å². The van der Waals surface area contributed by atoms with E-state index in [1.54, 1.807) is 0 Å². The topological polar surface area (TPSA) is 169 Å². The molecule has 0 radical (unpaired) electrons. The van der Waals surface area contributed by atoms with Gasteiger partial charge in [-0.1, -0.05) is 91.0 Å². The summed E-state index contributed by atoms with van der Waals surface area (Å²) in [7, 11) is 2.69. The van der Waals surface area contributed by atoms with Crippen LogP contribution in [0.4, 0.5) is 4.79 Å². The molecule has 2 amide bonds. The summed E-state index contributed by atoms with van der Waals surface area (Å²) >= 11 is 3.28. The highest BCUT2D eigenvalue weighted by Gasteiger charge is 2.51. The number of cyclic esters (lactones) is 1. The Balaban J connectivity index is 1.13. The molecule has 3 aliphatic rings. The molecule has 14 nitrogen and oxygen atoms in total. The van der Waals surface area contributed by atoms with Gasteiger partial charge in [-0.25, -0.2) is 9.69 Å². The van der Waals surface area contributed by atoms with Crippen LogP contribution in [-0.4, -0.2) is 122 Å². The Morgan fingerprint density at radius 2 is 1.47 bits per heavy atom. The maximum atomic E-state index is 13.9. The van der Waals surface area contributed by atoms with E-state index < -0.39 is 72.5 Å². The summed E-state index contributed by atoms with van der Waals surface area (Å²) in [5.41, 5.74) is 2.72. The molecule has 3 aromatic rings. The molecule has 0 bridgehead atoms. The van der Waals surface area contributed by atoms with Crippen LogP contribution >= 0.6 is 15.9 Å². The van der Waals surface area contributed by atoms with Crippen molar-refractivity contribution in [2.24, 2.45) is 0 Å². The molecule has 57 heavy (non-hydrogen) atoms. The second-order valence-corrected chi connectivity index (χ2v) is 14.8. The van der Waals surface area contributed by atoms with Crippen LogP contribution in [0.2, 0.25) is 0 Å². The number of halogens is 1. The van der Waals surface area contributed by atoms with Crippen molar-refractivity contribution < 1.29 is 62.5 Å². The minimum absolute atomic E-state index is 0.0283. The number of imide groups is 1. The van der Waals surface area contributed by atoms with E-state index in [-0.39, 0.29) is 50.4 Å². The van der Waals surface area contributed by atoms with E-state index in [0.717, 1.165) is 27.7 Å². The molecular weight excluding hydrogens is 806 g/mol. The fourth-order valence-corrected chi connectivity index (χ4v) is 7.66. The number of rotatable bonds is 18. The number of ketones is 1. The third-order valence-electron chi connectivity index (χ3n) is 10.1. The predicted octanol–water partition coefficient (Wildman–Crippen LogP) is 4.23. The normalized spacial score (nSPS) is 28.2. The van der Waals surface area contributed by atoms with Crippen LogP contribution in [0, 0.1) is 0 Å². The highest BCUT2D eigenvalue weighted by Crippen LogP contribution is 2.37. The monoisotopic (exact) mass is 853 g/mol. The summed E-state index contributed by atoms with van der Waals surface area (Å²) in [5.74, 6) is -3.54. The van der Waals surface area contributed by atoms with Gasteiger partial charge in [0.15, 0.2) is 30.1 Å². The van der Waals surface area contributed by atoms with Gasteiger partial charge in [0.1, 0.15) is 31.0 Å². The molecule has 3 aliphatic heterocycles. The fourth-order valence-electron chi connectivity index (χ4n) is 7.14. The van der Waals surface area contributed by atoms with Gasteiger partial charge in [0.2, 0.25) is 0 Å². The molecule has 6 rings (SSSR count). The molecule has 0 unspecified atom stereocenters. The number of amides is 2. The largest absolute Gasteiger partial charge is 0.447 e. The lowest BCUT2D eigenvalue weighted by molar-refractivity contribution is -0.320. The van der Waals surface area contributed by atoms with Crippen LogP contribution in [0.15, 0.2) is 102 Å². The number of carbonyl (C=O) groups excluding carboxylic acids is 3. The Kier molecular flexibility index (Phi) is 15.1. The Morgan fingerprint density at radius 1 is 0.877 bits per heavy atom. The maximum Gasteiger partial charge on any atom is 0.417 e. The zero-order chi connectivity index (χ0) is 40.4. The van der Waals surface area contributed by atoms with Crippen molar-refractivity contribution in [1.82, 2.24) is 4.90 Å². The van der Waals surface area contributed by atoms with Crippen LogP contribution < -0.4 is 0 Å². The molecule has 2 fully saturated rings. The van der Waals surface area contributed by atoms with Crippen LogP contribution in [-0.2, 0) is 67.1 Å². The maximum absolute atomic E-state index is 13.9. The van der Waals surface area contributed by atoms with E-state index >= 15 is 0 Å². The van der Waals surface area contributed by atoms with Gasteiger partial charge in [0.25, 0.3) is 5.91 Å². The minimum atomic E-state index is -2.07. The highest BCUT2D eigenvalue weighted by atomic mass is 79.9. The van der Waals surface area contributed by atoms with Crippen LogP contribution in [0.1, 0.15) is 29.5 Å². The van der Waals surface area contributed by atoms with Crippen LogP contribution in [0.3, 0.4) is 0 Å². The average Bonchev–Trinajstić information content (AvgIpc) is 3.60. The molecule has 3 aromatic carbocycles. The fraction of sp³-hybridized carbons (Fsp3) is 0.452. The first-order valence-corrected chi connectivity index (χ1v) is 19.5. The van der Waals surface area contributed by atoms with Gasteiger partial charge in [-0.2, -0.15) is 0 Å². The Hall–Kier alpha value is -3.87. The molecule has 2 N–H and O–H groups in total. The number of aliphatic hydroxyl groups is 2. The third-order valence-corrected chi connectivity index (χ3v) is 10.9. The molecular formula is C42H48BrNO13. The number of nitrogens with zero attached hydrogens (tertiary/aromatic N) is 1. The molecule has 3 heterocycles. The number of carbonyl (C=O) groups is 3.